The zero-order valence-electron chi connectivity index (χ0n) is 19.4. The summed E-state index contributed by atoms with van der Waals surface area (Å²) >= 11 is 0. The van der Waals surface area contributed by atoms with Crippen LogP contribution in [0.5, 0.6) is 11.5 Å². The Morgan fingerprint density at radius 3 is 2.32 bits per heavy atom. The second-order valence-corrected chi connectivity index (χ2v) is 7.81. The highest BCUT2D eigenvalue weighted by Gasteiger charge is 2.16. The molecular formula is C27H25N3O4. The molecule has 7 nitrogen and oxygen atoms in total. The zero-order chi connectivity index (χ0) is 24.2. The maximum atomic E-state index is 13.4. The van der Waals surface area contributed by atoms with Crippen LogP contribution in [0.1, 0.15) is 22.8 Å². The summed E-state index contributed by atoms with van der Waals surface area (Å²) in [5.74, 6) is 0.789. The number of carbonyl (C=O) groups is 2. The maximum absolute atomic E-state index is 13.4. The highest BCUT2D eigenvalue weighted by molar-refractivity contribution is 6.13. The summed E-state index contributed by atoms with van der Waals surface area (Å²) in [6, 6.07) is 20.2. The van der Waals surface area contributed by atoms with Crippen LogP contribution < -0.4 is 20.1 Å². The Bertz CT molecular complexity index is 1400. The van der Waals surface area contributed by atoms with Gasteiger partial charge in [-0.05, 0) is 61.0 Å². The number of carbonyl (C=O) groups excluding carboxylic acids is 2. The predicted octanol–water partition coefficient (Wildman–Crippen LogP) is 5.44. The lowest BCUT2D eigenvalue weighted by Gasteiger charge is -2.13. The van der Waals surface area contributed by atoms with Crippen LogP contribution in [0.3, 0.4) is 0 Å². The average molecular weight is 456 g/mol. The van der Waals surface area contributed by atoms with Gasteiger partial charge in [-0.25, -0.2) is 4.98 Å². The number of nitrogens with one attached hydrogen (secondary N) is 2. The van der Waals surface area contributed by atoms with E-state index in [0.717, 1.165) is 16.5 Å². The molecule has 0 fully saturated rings. The smallest absolute Gasteiger partial charge is 0.256 e. The number of rotatable bonds is 6. The Morgan fingerprint density at radius 1 is 0.853 bits per heavy atom. The Balaban J connectivity index is 1.73. The summed E-state index contributed by atoms with van der Waals surface area (Å²) in [7, 11) is 3.16. The second kappa shape index (κ2) is 9.62. The lowest BCUT2D eigenvalue weighted by molar-refractivity contribution is -0.114. The largest absolute Gasteiger partial charge is 0.493 e. The van der Waals surface area contributed by atoms with Crippen molar-refractivity contribution < 1.29 is 19.1 Å². The van der Waals surface area contributed by atoms with E-state index in [2.05, 4.69) is 10.6 Å². The topological polar surface area (TPSA) is 89.6 Å². The highest BCUT2D eigenvalue weighted by Crippen LogP contribution is 2.33. The Kier molecular flexibility index (Phi) is 6.45. The number of nitrogens with zero attached hydrogens (tertiary/aromatic N) is 1. The SMILES string of the molecule is COc1ccc(-c2cc(C(=O)Nc3ccc(NC(C)=O)c(C)c3)c3ccccc3n2)cc1OC. The van der Waals surface area contributed by atoms with Crippen molar-refractivity contribution in [3.63, 3.8) is 0 Å². The van der Waals surface area contributed by atoms with Crippen LogP contribution >= 0.6 is 0 Å². The molecule has 4 rings (SSSR count). The Labute approximate surface area is 197 Å². The number of anilines is 2. The van der Waals surface area contributed by atoms with E-state index in [9.17, 15) is 9.59 Å². The van der Waals surface area contributed by atoms with Crippen LogP contribution in [0.25, 0.3) is 22.2 Å². The number of hydrogen-bond acceptors (Lipinski definition) is 5. The van der Waals surface area contributed by atoms with Crippen molar-refractivity contribution in [3.05, 3.63) is 77.9 Å². The first kappa shape index (κ1) is 22.8. The van der Waals surface area contributed by atoms with Crippen LogP contribution in [0.2, 0.25) is 0 Å². The predicted molar refractivity (Wildman–Crippen MR) is 134 cm³/mol. The molecule has 0 bridgehead atoms. The third-order valence-corrected chi connectivity index (χ3v) is 5.44. The van der Waals surface area contributed by atoms with Gasteiger partial charge in [-0.3, -0.25) is 9.59 Å². The summed E-state index contributed by atoms with van der Waals surface area (Å²) in [4.78, 5) is 29.5. The monoisotopic (exact) mass is 455 g/mol. The minimum absolute atomic E-state index is 0.147. The van der Waals surface area contributed by atoms with Crippen molar-refractivity contribution in [2.45, 2.75) is 13.8 Å². The van der Waals surface area contributed by atoms with Gasteiger partial charge in [0.05, 0.1) is 31.0 Å². The third-order valence-electron chi connectivity index (χ3n) is 5.44. The molecule has 0 radical (unpaired) electrons. The lowest BCUT2D eigenvalue weighted by Crippen LogP contribution is -2.14. The summed E-state index contributed by atoms with van der Waals surface area (Å²) in [5, 5.41) is 6.49. The van der Waals surface area contributed by atoms with Crippen molar-refractivity contribution in [2.75, 3.05) is 24.9 Å². The number of benzene rings is 3. The van der Waals surface area contributed by atoms with Crippen LogP contribution in [-0.4, -0.2) is 31.0 Å². The van der Waals surface area contributed by atoms with Crippen molar-refractivity contribution in [3.8, 4) is 22.8 Å². The summed E-state index contributed by atoms with van der Waals surface area (Å²) in [6.45, 7) is 3.33. The first-order valence-electron chi connectivity index (χ1n) is 10.7. The van der Waals surface area contributed by atoms with Gasteiger partial charge in [0.2, 0.25) is 5.91 Å². The van der Waals surface area contributed by atoms with Gasteiger partial charge in [0, 0.05) is 29.2 Å². The van der Waals surface area contributed by atoms with Crippen molar-refractivity contribution in [2.24, 2.45) is 0 Å². The van der Waals surface area contributed by atoms with Gasteiger partial charge >= 0.3 is 0 Å². The van der Waals surface area contributed by atoms with Crippen LogP contribution in [-0.2, 0) is 4.79 Å². The molecule has 4 aromatic rings. The highest BCUT2D eigenvalue weighted by atomic mass is 16.5. The number of pyridine rings is 1. The number of fused-ring (bicyclic) bond motifs is 1. The van der Waals surface area contributed by atoms with E-state index in [4.69, 9.17) is 14.5 Å². The molecule has 7 heteroatoms. The van der Waals surface area contributed by atoms with Crippen molar-refractivity contribution in [1.29, 1.82) is 0 Å². The van der Waals surface area contributed by atoms with E-state index in [1.165, 1.54) is 6.92 Å². The van der Waals surface area contributed by atoms with Crippen molar-refractivity contribution >= 4 is 34.1 Å². The minimum Gasteiger partial charge on any atom is -0.493 e. The first-order valence-corrected chi connectivity index (χ1v) is 10.7. The van der Waals surface area contributed by atoms with Gasteiger partial charge in [-0.1, -0.05) is 18.2 Å². The molecule has 2 amide bonds. The Morgan fingerprint density at radius 2 is 1.62 bits per heavy atom. The van der Waals surface area contributed by atoms with Gasteiger partial charge in [-0.15, -0.1) is 0 Å². The fourth-order valence-electron chi connectivity index (χ4n) is 3.78. The van der Waals surface area contributed by atoms with E-state index < -0.39 is 0 Å². The van der Waals surface area contributed by atoms with Gasteiger partial charge < -0.3 is 20.1 Å². The van der Waals surface area contributed by atoms with Gasteiger partial charge in [0.25, 0.3) is 5.91 Å². The number of aryl methyl sites for hydroxylation is 1. The minimum atomic E-state index is -0.257. The molecule has 3 aromatic carbocycles. The second-order valence-electron chi connectivity index (χ2n) is 7.81. The molecule has 0 spiro atoms. The molecular weight excluding hydrogens is 430 g/mol. The molecule has 0 atom stereocenters. The molecule has 0 saturated heterocycles. The fourth-order valence-corrected chi connectivity index (χ4v) is 3.78. The number of aromatic nitrogens is 1. The molecule has 0 aliphatic carbocycles. The molecule has 1 aromatic heterocycles. The van der Waals surface area contributed by atoms with Gasteiger partial charge in [0.15, 0.2) is 11.5 Å². The number of hydrogen-bond donors (Lipinski definition) is 2. The summed E-state index contributed by atoms with van der Waals surface area (Å²) in [6.07, 6.45) is 0. The zero-order valence-corrected chi connectivity index (χ0v) is 19.4. The molecule has 2 N–H and O–H groups in total. The van der Waals surface area contributed by atoms with E-state index in [1.807, 2.05) is 55.5 Å². The molecule has 0 aliphatic rings. The standard InChI is InChI=1S/C27H25N3O4/c1-16-13-19(10-11-22(16)28-17(2)31)29-27(32)21-15-24(30-23-8-6-5-7-20(21)23)18-9-12-25(33-3)26(14-18)34-4/h5-15H,1-4H3,(H,28,31)(H,29,32). The number of methoxy groups -OCH3 is 2. The van der Waals surface area contributed by atoms with Gasteiger partial charge in [-0.2, -0.15) is 0 Å². The number of amides is 2. The average Bonchev–Trinajstić information content (AvgIpc) is 2.84. The van der Waals surface area contributed by atoms with Crippen LogP contribution in [0, 0.1) is 6.92 Å². The summed E-state index contributed by atoms with van der Waals surface area (Å²) < 4.78 is 10.8. The Hall–Kier alpha value is -4.39. The normalized spacial score (nSPS) is 10.6. The van der Waals surface area contributed by atoms with E-state index in [1.54, 1.807) is 32.4 Å². The number of para-hydroxylation sites is 1. The molecule has 0 aliphatic heterocycles. The van der Waals surface area contributed by atoms with Crippen LogP contribution in [0.4, 0.5) is 11.4 Å². The molecule has 1 heterocycles. The van der Waals surface area contributed by atoms with E-state index in [-0.39, 0.29) is 11.8 Å². The lowest BCUT2D eigenvalue weighted by atomic mass is 10.0. The van der Waals surface area contributed by atoms with E-state index >= 15 is 0 Å². The van der Waals surface area contributed by atoms with Crippen LogP contribution in [0.15, 0.2) is 66.7 Å². The van der Waals surface area contributed by atoms with Gasteiger partial charge in [0.1, 0.15) is 0 Å². The molecule has 172 valence electrons. The fraction of sp³-hybridized carbons (Fsp3) is 0.148. The maximum Gasteiger partial charge on any atom is 0.256 e. The summed E-state index contributed by atoms with van der Waals surface area (Å²) in [5.41, 5.74) is 4.82. The molecule has 0 unspecified atom stereocenters. The quantitative estimate of drug-likeness (QED) is 0.404. The molecule has 34 heavy (non-hydrogen) atoms. The third kappa shape index (κ3) is 4.68. The van der Waals surface area contributed by atoms with Crippen molar-refractivity contribution in [1.82, 2.24) is 4.98 Å². The first-order chi connectivity index (χ1) is 16.4. The number of ether oxygens (including phenoxy) is 2. The van der Waals surface area contributed by atoms with E-state index in [0.29, 0.717) is 39.6 Å². The molecule has 0 saturated carbocycles.